The third-order valence-corrected chi connectivity index (χ3v) is 3.55. The number of hydrogen-bond acceptors (Lipinski definition) is 5. The summed E-state index contributed by atoms with van der Waals surface area (Å²) < 4.78 is 11.0. The lowest BCUT2D eigenvalue weighted by molar-refractivity contribution is 0.0164. The number of amides is 1. The predicted octanol–water partition coefficient (Wildman–Crippen LogP) is 3.16. The van der Waals surface area contributed by atoms with Crippen molar-refractivity contribution in [2.45, 2.75) is 39.2 Å². The molecule has 1 saturated heterocycles. The molecule has 0 saturated carbocycles. The van der Waals surface area contributed by atoms with Crippen LogP contribution in [0.15, 0.2) is 12.4 Å². The van der Waals surface area contributed by atoms with Crippen LogP contribution in [-0.2, 0) is 4.74 Å². The topological polar surface area (TPSA) is 64.5 Å². The molecule has 0 unspecified atom stereocenters. The molecule has 2 heterocycles. The zero-order chi connectivity index (χ0) is 16.2. The Morgan fingerprint density at radius 2 is 2.05 bits per heavy atom. The lowest BCUT2D eigenvalue weighted by Crippen LogP contribution is -2.42. The standard InChI is InChI=1S/C15H22ClN3O3/c1-15(2,3)22-14(20)19-6-4-11(5-7-19)9-21-13-8-12(16)17-10-18-13/h8,10-11H,4-7,9H2,1-3H3. The van der Waals surface area contributed by atoms with Gasteiger partial charge in [-0.1, -0.05) is 11.6 Å². The molecule has 122 valence electrons. The van der Waals surface area contributed by atoms with Gasteiger partial charge in [0, 0.05) is 19.2 Å². The maximum atomic E-state index is 12.0. The minimum absolute atomic E-state index is 0.241. The van der Waals surface area contributed by atoms with Crippen LogP contribution in [0.2, 0.25) is 5.15 Å². The number of halogens is 1. The maximum Gasteiger partial charge on any atom is 0.410 e. The van der Waals surface area contributed by atoms with Gasteiger partial charge in [-0.15, -0.1) is 0 Å². The molecule has 0 aromatic carbocycles. The fraction of sp³-hybridized carbons (Fsp3) is 0.667. The Morgan fingerprint density at radius 1 is 1.36 bits per heavy atom. The second-order valence-corrected chi connectivity index (χ2v) is 6.79. The van der Waals surface area contributed by atoms with Gasteiger partial charge < -0.3 is 14.4 Å². The molecule has 6 nitrogen and oxygen atoms in total. The van der Waals surface area contributed by atoms with Gasteiger partial charge >= 0.3 is 6.09 Å². The number of hydrogen-bond donors (Lipinski definition) is 0. The summed E-state index contributed by atoms with van der Waals surface area (Å²) in [5.41, 5.74) is -0.455. The predicted molar refractivity (Wildman–Crippen MR) is 83.1 cm³/mol. The number of likely N-dealkylation sites (tertiary alicyclic amines) is 1. The van der Waals surface area contributed by atoms with Crippen molar-refractivity contribution in [2.75, 3.05) is 19.7 Å². The van der Waals surface area contributed by atoms with Crippen molar-refractivity contribution in [3.8, 4) is 5.88 Å². The number of aromatic nitrogens is 2. The minimum atomic E-state index is -0.455. The number of carbonyl (C=O) groups excluding carboxylic acids is 1. The third-order valence-electron chi connectivity index (χ3n) is 3.34. The molecule has 1 aliphatic heterocycles. The number of carbonyl (C=O) groups is 1. The van der Waals surface area contributed by atoms with Crippen molar-refractivity contribution in [3.05, 3.63) is 17.5 Å². The van der Waals surface area contributed by atoms with Crippen LogP contribution in [0.3, 0.4) is 0 Å². The van der Waals surface area contributed by atoms with Crippen LogP contribution >= 0.6 is 11.6 Å². The van der Waals surface area contributed by atoms with E-state index in [1.165, 1.54) is 6.33 Å². The van der Waals surface area contributed by atoms with Crippen molar-refractivity contribution in [1.82, 2.24) is 14.9 Å². The van der Waals surface area contributed by atoms with Gasteiger partial charge in [0.2, 0.25) is 5.88 Å². The van der Waals surface area contributed by atoms with E-state index in [4.69, 9.17) is 21.1 Å². The smallest absolute Gasteiger partial charge is 0.410 e. The molecule has 0 bridgehead atoms. The summed E-state index contributed by atoms with van der Waals surface area (Å²) in [7, 11) is 0. The summed E-state index contributed by atoms with van der Waals surface area (Å²) in [6.07, 6.45) is 2.91. The van der Waals surface area contributed by atoms with Gasteiger partial charge in [0.1, 0.15) is 17.1 Å². The Kier molecular flexibility index (Phi) is 5.45. The average Bonchev–Trinajstić information content (AvgIpc) is 2.44. The van der Waals surface area contributed by atoms with Gasteiger partial charge in [0.05, 0.1) is 6.61 Å². The SMILES string of the molecule is CC(C)(C)OC(=O)N1CCC(COc2cc(Cl)ncn2)CC1. The van der Waals surface area contributed by atoms with E-state index in [9.17, 15) is 4.79 Å². The van der Waals surface area contributed by atoms with Gasteiger partial charge in [0.15, 0.2) is 0 Å². The van der Waals surface area contributed by atoms with Gasteiger partial charge in [-0.3, -0.25) is 0 Å². The van der Waals surface area contributed by atoms with E-state index >= 15 is 0 Å². The first-order valence-electron chi connectivity index (χ1n) is 7.42. The molecule has 1 amide bonds. The molecule has 1 aliphatic rings. The maximum absolute atomic E-state index is 12.0. The molecule has 1 fully saturated rings. The molecule has 0 aliphatic carbocycles. The number of nitrogens with zero attached hydrogens (tertiary/aromatic N) is 3. The fourth-order valence-corrected chi connectivity index (χ4v) is 2.35. The van der Waals surface area contributed by atoms with Crippen LogP contribution < -0.4 is 4.74 Å². The van der Waals surface area contributed by atoms with Crippen molar-refractivity contribution >= 4 is 17.7 Å². The lowest BCUT2D eigenvalue weighted by Gasteiger charge is -2.33. The molecular formula is C15H22ClN3O3. The molecule has 7 heteroatoms. The van der Waals surface area contributed by atoms with E-state index in [0.29, 0.717) is 36.6 Å². The van der Waals surface area contributed by atoms with Crippen molar-refractivity contribution < 1.29 is 14.3 Å². The summed E-state index contributed by atoms with van der Waals surface area (Å²) in [6, 6.07) is 1.59. The Balaban J connectivity index is 1.74. The first-order chi connectivity index (χ1) is 10.3. The Morgan fingerprint density at radius 3 is 2.64 bits per heavy atom. The molecule has 2 rings (SSSR count). The van der Waals surface area contributed by atoms with Crippen LogP contribution in [0.1, 0.15) is 33.6 Å². The van der Waals surface area contributed by atoms with Crippen molar-refractivity contribution in [2.24, 2.45) is 5.92 Å². The summed E-state index contributed by atoms with van der Waals surface area (Å²) in [4.78, 5) is 21.5. The molecule has 1 aromatic heterocycles. The van der Waals surface area contributed by atoms with E-state index in [1.54, 1.807) is 11.0 Å². The second kappa shape index (κ2) is 7.13. The average molecular weight is 328 g/mol. The second-order valence-electron chi connectivity index (χ2n) is 6.40. The van der Waals surface area contributed by atoms with E-state index in [0.717, 1.165) is 12.8 Å². The quantitative estimate of drug-likeness (QED) is 0.798. The summed E-state index contributed by atoms with van der Waals surface area (Å²) in [5.74, 6) is 0.877. The number of piperidine rings is 1. The van der Waals surface area contributed by atoms with Gasteiger partial charge in [-0.2, -0.15) is 0 Å². The molecular weight excluding hydrogens is 306 g/mol. The van der Waals surface area contributed by atoms with Crippen LogP contribution in [0.25, 0.3) is 0 Å². The Bertz CT molecular complexity index is 511. The molecule has 0 radical (unpaired) electrons. The highest BCUT2D eigenvalue weighted by atomic mass is 35.5. The zero-order valence-electron chi connectivity index (χ0n) is 13.2. The largest absolute Gasteiger partial charge is 0.477 e. The van der Waals surface area contributed by atoms with E-state index in [1.807, 2.05) is 20.8 Å². The zero-order valence-corrected chi connectivity index (χ0v) is 14.0. The molecule has 0 atom stereocenters. The summed E-state index contributed by atoms with van der Waals surface area (Å²) in [6.45, 7) is 7.56. The van der Waals surface area contributed by atoms with E-state index < -0.39 is 5.60 Å². The van der Waals surface area contributed by atoms with Gasteiger partial charge in [0.25, 0.3) is 0 Å². The molecule has 22 heavy (non-hydrogen) atoms. The minimum Gasteiger partial charge on any atom is -0.477 e. The van der Waals surface area contributed by atoms with Crippen molar-refractivity contribution in [3.63, 3.8) is 0 Å². The number of rotatable bonds is 3. The summed E-state index contributed by atoms with van der Waals surface area (Å²) >= 11 is 5.78. The molecule has 0 N–H and O–H groups in total. The van der Waals surface area contributed by atoms with Crippen molar-refractivity contribution in [1.29, 1.82) is 0 Å². The normalized spacial score (nSPS) is 16.5. The highest BCUT2D eigenvalue weighted by Gasteiger charge is 2.27. The first kappa shape index (κ1) is 16.8. The Hall–Kier alpha value is -1.56. The molecule has 0 spiro atoms. The lowest BCUT2D eigenvalue weighted by atomic mass is 9.98. The first-order valence-corrected chi connectivity index (χ1v) is 7.79. The van der Waals surface area contributed by atoms with Crippen LogP contribution in [0.4, 0.5) is 4.79 Å². The van der Waals surface area contributed by atoms with Crippen LogP contribution in [0.5, 0.6) is 5.88 Å². The monoisotopic (exact) mass is 327 g/mol. The molecule has 1 aromatic rings. The summed E-state index contributed by atoms with van der Waals surface area (Å²) in [5, 5.41) is 0.366. The number of ether oxygens (including phenoxy) is 2. The fourth-order valence-electron chi connectivity index (χ4n) is 2.21. The highest BCUT2D eigenvalue weighted by Crippen LogP contribution is 2.21. The van der Waals surface area contributed by atoms with E-state index in [-0.39, 0.29) is 6.09 Å². The van der Waals surface area contributed by atoms with Crippen LogP contribution in [0, 0.1) is 5.92 Å². The van der Waals surface area contributed by atoms with Gasteiger partial charge in [-0.25, -0.2) is 14.8 Å². The van der Waals surface area contributed by atoms with Crippen LogP contribution in [-0.4, -0.2) is 46.3 Å². The third kappa shape index (κ3) is 5.33. The van der Waals surface area contributed by atoms with Gasteiger partial charge in [-0.05, 0) is 39.5 Å². The highest BCUT2D eigenvalue weighted by molar-refractivity contribution is 6.29. The Labute approximate surface area is 135 Å². The van der Waals surface area contributed by atoms with E-state index in [2.05, 4.69) is 9.97 Å².